The first-order valence-electron chi connectivity index (χ1n) is 8.72. The van der Waals surface area contributed by atoms with Crippen molar-refractivity contribution in [2.45, 2.75) is 26.8 Å². The van der Waals surface area contributed by atoms with Crippen molar-refractivity contribution < 1.29 is 0 Å². The SMILES string of the molecule is C=C.C=Cc1ccc2c(c1)C(C)N(N=C(C)C)C(N1CCNCC1)=N2. The lowest BCUT2D eigenvalue weighted by atomic mass is 10.0. The number of fused-ring (bicyclic) bond motifs is 1. The van der Waals surface area contributed by atoms with Crippen molar-refractivity contribution in [1.29, 1.82) is 0 Å². The lowest BCUT2D eigenvalue weighted by molar-refractivity contribution is 0.258. The molecule has 25 heavy (non-hydrogen) atoms. The van der Waals surface area contributed by atoms with Crippen LogP contribution in [0.4, 0.5) is 5.69 Å². The third kappa shape index (κ3) is 4.17. The second-order valence-electron chi connectivity index (χ2n) is 6.24. The van der Waals surface area contributed by atoms with E-state index < -0.39 is 0 Å². The van der Waals surface area contributed by atoms with Crippen LogP contribution in [0.1, 0.15) is 37.9 Å². The predicted octanol–water partition coefficient (Wildman–Crippen LogP) is 3.80. The quantitative estimate of drug-likeness (QED) is 0.658. The molecule has 0 radical (unpaired) electrons. The minimum atomic E-state index is 0.155. The summed E-state index contributed by atoms with van der Waals surface area (Å²) in [6, 6.07) is 6.48. The maximum Gasteiger partial charge on any atom is 0.223 e. The molecular weight excluding hydrogens is 310 g/mol. The molecule has 0 saturated carbocycles. The Balaban J connectivity index is 0.00000109. The van der Waals surface area contributed by atoms with Crippen molar-refractivity contribution >= 4 is 23.4 Å². The summed E-state index contributed by atoms with van der Waals surface area (Å²) in [4.78, 5) is 7.25. The molecule has 2 aliphatic heterocycles. The fourth-order valence-electron chi connectivity index (χ4n) is 3.03. The molecule has 1 aromatic rings. The Bertz CT molecular complexity index is 667. The summed E-state index contributed by atoms with van der Waals surface area (Å²) in [5.74, 6) is 0.957. The zero-order valence-electron chi connectivity index (χ0n) is 15.6. The van der Waals surface area contributed by atoms with E-state index in [9.17, 15) is 0 Å². The number of aliphatic imine (C=N–C) groups is 1. The minimum absolute atomic E-state index is 0.155. The van der Waals surface area contributed by atoms with E-state index >= 15 is 0 Å². The first-order valence-corrected chi connectivity index (χ1v) is 8.72. The number of hydrazone groups is 1. The van der Waals surface area contributed by atoms with Gasteiger partial charge >= 0.3 is 0 Å². The second-order valence-corrected chi connectivity index (χ2v) is 6.24. The van der Waals surface area contributed by atoms with Crippen molar-refractivity contribution in [3.8, 4) is 0 Å². The fourth-order valence-corrected chi connectivity index (χ4v) is 3.03. The highest BCUT2D eigenvalue weighted by atomic mass is 15.6. The Labute approximate surface area is 151 Å². The Hall–Kier alpha value is -2.40. The third-order valence-corrected chi connectivity index (χ3v) is 4.24. The Morgan fingerprint density at radius 1 is 1.28 bits per heavy atom. The standard InChI is InChI=1S/C18H25N5.C2H4/c1-5-15-6-7-17-16(12-15)14(4)23(21-13(2)3)18(20-17)22-10-8-19-9-11-22;1-2/h5-7,12,14,19H,1,8-11H2,2-4H3;1-2H2. The van der Waals surface area contributed by atoms with Gasteiger partial charge in [-0.15, -0.1) is 13.2 Å². The molecule has 5 nitrogen and oxygen atoms in total. The van der Waals surface area contributed by atoms with Crippen LogP contribution in [0.15, 0.2) is 48.0 Å². The molecule has 1 unspecified atom stereocenters. The summed E-state index contributed by atoms with van der Waals surface area (Å²) in [6.07, 6.45) is 1.88. The van der Waals surface area contributed by atoms with Gasteiger partial charge in [-0.25, -0.2) is 10.0 Å². The van der Waals surface area contributed by atoms with Gasteiger partial charge in [0.15, 0.2) is 0 Å². The average molecular weight is 339 g/mol. The van der Waals surface area contributed by atoms with Gasteiger partial charge in [-0.1, -0.05) is 18.7 Å². The third-order valence-electron chi connectivity index (χ3n) is 4.24. The highest BCUT2D eigenvalue weighted by Gasteiger charge is 2.31. The van der Waals surface area contributed by atoms with Crippen molar-refractivity contribution in [2.24, 2.45) is 10.1 Å². The van der Waals surface area contributed by atoms with E-state index in [0.29, 0.717) is 0 Å². The number of piperazine rings is 1. The van der Waals surface area contributed by atoms with Gasteiger partial charge < -0.3 is 10.2 Å². The molecule has 1 N–H and O–H groups in total. The second kappa shape index (κ2) is 8.62. The summed E-state index contributed by atoms with van der Waals surface area (Å²) in [5.41, 5.74) is 4.39. The number of nitrogens with zero attached hydrogens (tertiary/aromatic N) is 4. The first-order chi connectivity index (χ1) is 12.1. The summed E-state index contributed by atoms with van der Waals surface area (Å²) in [6.45, 7) is 20.0. The number of guanidine groups is 1. The molecule has 2 aliphatic rings. The van der Waals surface area contributed by atoms with E-state index in [4.69, 9.17) is 10.1 Å². The van der Waals surface area contributed by atoms with Crippen LogP contribution in [0, 0.1) is 0 Å². The highest BCUT2D eigenvalue weighted by Crippen LogP contribution is 2.36. The van der Waals surface area contributed by atoms with E-state index in [0.717, 1.165) is 49.1 Å². The molecule has 1 atom stereocenters. The monoisotopic (exact) mass is 339 g/mol. The van der Waals surface area contributed by atoms with Crippen LogP contribution in [-0.2, 0) is 0 Å². The fraction of sp³-hybridized carbons (Fsp3) is 0.400. The van der Waals surface area contributed by atoms with E-state index in [2.05, 4.69) is 60.1 Å². The van der Waals surface area contributed by atoms with Crippen LogP contribution in [-0.4, -0.2) is 47.8 Å². The lowest BCUT2D eigenvalue weighted by Gasteiger charge is -2.39. The normalized spacial score (nSPS) is 19.2. The van der Waals surface area contributed by atoms with Gasteiger partial charge in [-0.3, -0.25) is 0 Å². The van der Waals surface area contributed by atoms with Crippen LogP contribution >= 0.6 is 0 Å². The van der Waals surface area contributed by atoms with E-state index in [1.807, 2.05) is 19.9 Å². The van der Waals surface area contributed by atoms with Gasteiger partial charge in [0.1, 0.15) is 0 Å². The molecule has 3 rings (SSSR count). The zero-order chi connectivity index (χ0) is 18.4. The summed E-state index contributed by atoms with van der Waals surface area (Å²) in [5, 5.41) is 10.2. The van der Waals surface area contributed by atoms with E-state index in [1.54, 1.807) is 0 Å². The van der Waals surface area contributed by atoms with Gasteiger partial charge in [0, 0.05) is 37.5 Å². The maximum atomic E-state index is 4.93. The zero-order valence-corrected chi connectivity index (χ0v) is 15.6. The summed E-state index contributed by atoms with van der Waals surface area (Å²) < 4.78 is 0. The Morgan fingerprint density at radius 3 is 2.56 bits per heavy atom. The number of nitrogens with one attached hydrogen (secondary N) is 1. The lowest BCUT2D eigenvalue weighted by Crippen LogP contribution is -2.52. The topological polar surface area (TPSA) is 43.2 Å². The van der Waals surface area contributed by atoms with Gasteiger partial charge in [-0.2, -0.15) is 5.10 Å². The number of rotatable bonds is 2. The predicted molar refractivity (Wildman–Crippen MR) is 108 cm³/mol. The molecule has 134 valence electrons. The van der Waals surface area contributed by atoms with Crippen LogP contribution in [0.2, 0.25) is 0 Å². The van der Waals surface area contributed by atoms with Crippen molar-refractivity contribution in [1.82, 2.24) is 15.2 Å². The average Bonchev–Trinajstić information content (AvgIpc) is 2.65. The Kier molecular flexibility index (Phi) is 6.53. The number of hydrogen-bond acceptors (Lipinski definition) is 5. The number of hydrogen-bond donors (Lipinski definition) is 1. The molecule has 0 aromatic heterocycles. The summed E-state index contributed by atoms with van der Waals surface area (Å²) >= 11 is 0. The van der Waals surface area contributed by atoms with Gasteiger partial charge in [0.25, 0.3) is 0 Å². The van der Waals surface area contributed by atoms with Crippen molar-refractivity contribution in [2.75, 3.05) is 26.2 Å². The number of benzene rings is 1. The molecule has 0 spiro atoms. The molecule has 0 bridgehead atoms. The van der Waals surface area contributed by atoms with Gasteiger partial charge in [-0.05, 0) is 38.5 Å². The maximum absolute atomic E-state index is 4.93. The van der Waals surface area contributed by atoms with E-state index in [-0.39, 0.29) is 6.04 Å². The molecule has 1 saturated heterocycles. The van der Waals surface area contributed by atoms with Crippen LogP contribution in [0.5, 0.6) is 0 Å². The molecule has 0 amide bonds. The molecule has 1 aromatic carbocycles. The highest BCUT2D eigenvalue weighted by molar-refractivity contribution is 5.88. The van der Waals surface area contributed by atoms with Crippen molar-refractivity contribution in [3.63, 3.8) is 0 Å². The molecule has 0 aliphatic carbocycles. The van der Waals surface area contributed by atoms with Crippen LogP contribution in [0.25, 0.3) is 6.08 Å². The van der Waals surface area contributed by atoms with Crippen LogP contribution in [0.3, 0.4) is 0 Å². The smallest absolute Gasteiger partial charge is 0.223 e. The largest absolute Gasteiger partial charge is 0.338 e. The molecular formula is C20H29N5. The minimum Gasteiger partial charge on any atom is -0.338 e. The molecule has 1 fully saturated rings. The van der Waals surface area contributed by atoms with E-state index in [1.165, 1.54) is 5.56 Å². The van der Waals surface area contributed by atoms with Crippen molar-refractivity contribution in [3.05, 3.63) is 49.1 Å². The molecule has 2 heterocycles. The Morgan fingerprint density at radius 2 is 1.96 bits per heavy atom. The van der Waals surface area contributed by atoms with Crippen LogP contribution < -0.4 is 5.32 Å². The van der Waals surface area contributed by atoms with Gasteiger partial charge in [0.05, 0.1) is 11.7 Å². The summed E-state index contributed by atoms with van der Waals surface area (Å²) in [7, 11) is 0. The molecule has 5 heteroatoms. The first kappa shape index (κ1) is 18.9. The van der Waals surface area contributed by atoms with Gasteiger partial charge in [0.2, 0.25) is 5.96 Å².